The fraction of sp³-hybridized carbons (Fsp3) is 0.667. The van der Waals surface area contributed by atoms with Gasteiger partial charge in [-0.25, -0.2) is 0 Å². The zero-order valence-electron chi connectivity index (χ0n) is 4.95. The molecule has 0 bridgehead atoms. The van der Waals surface area contributed by atoms with Gasteiger partial charge in [0.1, 0.15) is 0 Å². The van der Waals surface area contributed by atoms with Crippen molar-refractivity contribution in [2.45, 2.75) is 0 Å². The Balaban J connectivity index is 3.39. The quantitative estimate of drug-likeness (QED) is 0.454. The maximum absolute atomic E-state index is 10.1. The summed E-state index contributed by atoms with van der Waals surface area (Å²) < 4.78 is 9.79. The standard InChI is InChI=1S/C3H7BrNO4P/c4-3(6)1-5-2-10(7,8)9/h5H,1-2H2,(H2,7,8,9). The summed E-state index contributed by atoms with van der Waals surface area (Å²) >= 11 is 2.59. The van der Waals surface area contributed by atoms with Crippen LogP contribution in [0.3, 0.4) is 0 Å². The molecule has 10 heavy (non-hydrogen) atoms. The first-order valence-corrected chi connectivity index (χ1v) is 4.94. The highest BCUT2D eigenvalue weighted by molar-refractivity contribution is 9.18. The van der Waals surface area contributed by atoms with Gasteiger partial charge in [-0.1, -0.05) is 0 Å². The van der Waals surface area contributed by atoms with Gasteiger partial charge in [-0.3, -0.25) is 14.7 Å². The van der Waals surface area contributed by atoms with Gasteiger partial charge in [0.15, 0.2) is 0 Å². The van der Waals surface area contributed by atoms with Crippen molar-refractivity contribution in [2.24, 2.45) is 0 Å². The summed E-state index contributed by atoms with van der Waals surface area (Å²) in [5.74, 6) is 0. The minimum atomic E-state index is -4.01. The fourth-order valence-electron chi connectivity index (χ4n) is 0.300. The molecular weight excluding hydrogens is 225 g/mol. The summed E-state index contributed by atoms with van der Waals surface area (Å²) in [6.45, 7) is -0.0783. The third-order valence-electron chi connectivity index (χ3n) is 0.582. The van der Waals surface area contributed by atoms with E-state index in [0.717, 1.165) is 0 Å². The average molecular weight is 232 g/mol. The molecule has 0 radical (unpaired) electrons. The van der Waals surface area contributed by atoms with E-state index in [4.69, 9.17) is 9.79 Å². The topological polar surface area (TPSA) is 86.6 Å². The van der Waals surface area contributed by atoms with Crippen LogP contribution in [0, 0.1) is 0 Å². The number of carbonyl (C=O) groups excluding carboxylic acids is 1. The fourth-order valence-corrected chi connectivity index (χ4v) is 0.901. The second-order valence-electron chi connectivity index (χ2n) is 1.60. The predicted molar refractivity (Wildman–Crippen MR) is 38.8 cm³/mol. The smallest absolute Gasteiger partial charge is 0.324 e. The molecule has 5 nitrogen and oxygen atoms in total. The van der Waals surface area contributed by atoms with Crippen LogP contribution in [-0.4, -0.2) is 27.3 Å². The molecule has 0 aromatic heterocycles. The summed E-state index contributed by atoms with van der Waals surface area (Å²) in [6, 6.07) is 0. The molecule has 0 heterocycles. The van der Waals surface area contributed by atoms with Crippen LogP contribution >= 0.6 is 23.5 Å². The highest BCUT2D eigenvalue weighted by atomic mass is 79.9. The van der Waals surface area contributed by atoms with Crippen LogP contribution in [0.4, 0.5) is 0 Å². The Kier molecular flexibility index (Phi) is 4.31. The molecule has 60 valence electrons. The second-order valence-corrected chi connectivity index (χ2v) is 4.13. The Morgan fingerprint density at radius 1 is 1.60 bits per heavy atom. The van der Waals surface area contributed by atoms with E-state index < -0.39 is 13.9 Å². The number of hydrogen-bond donors (Lipinski definition) is 3. The SMILES string of the molecule is O=C(Br)CNCP(=O)(O)O. The third-order valence-corrected chi connectivity index (χ3v) is 1.50. The molecule has 0 aromatic carbocycles. The maximum Gasteiger partial charge on any atom is 0.339 e. The Morgan fingerprint density at radius 2 is 2.10 bits per heavy atom. The second kappa shape index (κ2) is 4.20. The molecule has 3 N–H and O–H groups in total. The highest BCUT2D eigenvalue weighted by Gasteiger charge is 2.11. The molecule has 0 unspecified atom stereocenters. The van der Waals surface area contributed by atoms with E-state index in [1.165, 1.54) is 0 Å². The van der Waals surface area contributed by atoms with Crippen molar-refractivity contribution in [2.75, 3.05) is 12.8 Å². The molecular formula is C3H7BrNO4P. The number of halogens is 1. The highest BCUT2D eigenvalue weighted by Crippen LogP contribution is 2.31. The minimum absolute atomic E-state index is 0.0783. The van der Waals surface area contributed by atoms with Gasteiger partial charge in [0, 0.05) is 0 Å². The van der Waals surface area contributed by atoms with Gasteiger partial charge in [0.05, 0.1) is 12.8 Å². The molecule has 0 amide bonds. The van der Waals surface area contributed by atoms with Crippen LogP contribution in [-0.2, 0) is 9.36 Å². The van der Waals surface area contributed by atoms with Crippen molar-refractivity contribution in [3.05, 3.63) is 0 Å². The van der Waals surface area contributed by atoms with Crippen LogP contribution < -0.4 is 5.32 Å². The van der Waals surface area contributed by atoms with Crippen molar-refractivity contribution >= 4 is 28.2 Å². The Bertz CT molecular complexity index is 166. The van der Waals surface area contributed by atoms with Crippen LogP contribution in [0.15, 0.2) is 0 Å². The van der Waals surface area contributed by atoms with E-state index in [1.54, 1.807) is 0 Å². The van der Waals surface area contributed by atoms with Gasteiger partial charge in [0.2, 0.25) is 4.69 Å². The van der Waals surface area contributed by atoms with Gasteiger partial charge in [-0.2, -0.15) is 0 Å². The van der Waals surface area contributed by atoms with E-state index in [9.17, 15) is 9.36 Å². The van der Waals surface area contributed by atoms with E-state index in [-0.39, 0.29) is 11.2 Å². The molecule has 0 rings (SSSR count). The summed E-state index contributed by atoms with van der Waals surface area (Å²) in [5.41, 5.74) is 0. The zero-order chi connectivity index (χ0) is 8.20. The first-order valence-electron chi connectivity index (χ1n) is 2.35. The third kappa shape index (κ3) is 8.26. The lowest BCUT2D eigenvalue weighted by Gasteiger charge is -2.02. The summed E-state index contributed by atoms with van der Waals surface area (Å²) in [7, 11) is -4.01. The molecule has 0 atom stereocenters. The predicted octanol–water partition coefficient (Wildman–Crippen LogP) is -0.367. The Hall–Kier alpha value is 0.260. The van der Waals surface area contributed by atoms with Crippen LogP contribution in [0.2, 0.25) is 0 Å². The van der Waals surface area contributed by atoms with Gasteiger partial charge in [-0.15, -0.1) is 0 Å². The number of nitrogens with one attached hydrogen (secondary N) is 1. The molecule has 7 heteroatoms. The lowest BCUT2D eigenvalue weighted by atomic mass is 10.7. The molecule has 0 aromatic rings. The van der Waals surface area contributed by atoms with Crippen molar-refractivity contribution < 1.29 is 19.1 Å². The largest absolute Gasteiger partial charge is 0.339 e. The van der Waals surface area contributed by atoms with Gasteiger partial charge in [-0.05, 0) is 15.9 Å². The molecule has 0 spiro atoms. The molecule has 0 aliphatic rings. The van der Waals surface area contributed by atoms with E-state index in [1.807, 2.05) is 0 Å². The Morgan fingerprint density at radius 3 is 2.40 bits per heavy atom. The first-order chi connectivity index (χ1) is 4.42. The molecule has 0 fully saturated rings. The monoisotopic (exact) mass is 231 g/mol. The molecule has 0 aliphatic carbocycles. The van der Waals surface area contributed by atoms with Crippen LogP contribution in [0.25, 0.3) is 0 Å². The van der Waals surface area contributed by atoms with Crippen molar-refractivity contribution in [1.29, 1.82) is 0 Å². The van der Waals surface area contributed by atoms with E-state index in [0.29, 0.717) is 0 Å². The van der Waals surface area contributed by atoms with Gasteiger partial charge >= 0.3 is 7.60 Å². The Labute approximate surface area is 66.1 Å². The van der Waals surface area contributed by atoms with Gasteiger partial charge in [0.25, 0.3) is 0 Å². The lowest BCUT2D eigenvalue weighted by molar-refractivity contribution is -0.109. The number of rotatable bonds is 4. The van der Waals surface area contributed by atoms with Crippen molar-refractivity contribution in [1.82, 2.24) is 5.32 Å². The van der Waals surface area contributed by atoms with Crippen molar-refractivity contribution in [3.8, 4) is 0 Å². The molecule has 0 aliphatic heterocycles. The van der Waals surface area contributed by atoms with E-state index >= 15 is 0 Å². The normalized spacial score (nSPS) is 11.5. The van der Waals surface area contributed by atoms with E-state index in [2.05, 4.69) is 21.2 Å². The summed E-state index contributed by atoms with van der Waals surface area (Å²) in [4.78, 5) is 26.6. The zero-order valence-corrected chi connectivity index (χ0v) is 7.43. The maximum atomic E-state index is 10.1. The molecule has 0 saturated carbocycles. The number of hydrogen-bond acceptors (Lipinski definition) is 3. The molecule has 0 saturated heterocycles. The van der Waals surface area contributed by atoms with Crippen LogP contribution in [0.1, 0.15) is 0 Å². The number of carbonyl (C=O) groups is 1. The summed E-state index contributed by atoms with van der Waals surface area (Å²) in [5, 5.41) is 2.27. The average Bonchev–Trinajstić information content (AvgIpc) is 1.59. The van der Waals surface area contributed by atoms with Gasteiger partial charge < -0.3 is 9.79 Å². The summed E-state index contributed by atoms with van der Waals surface area (Å²) in [6.07, 6.45) is -0.468. The lowest BCUT2D eigenvalue weighted by Crippen LogP contribution is -2.20. The van der Waals surface area contributed by atoms with Crippen LogP contribution in [0.5, 0.6) is 0 Å². The minimum Gasteiger partial charge on any atom is -0.324 e. The first kappa shape index (κ1) is 10.3. The van der Waals surface area contributed by atoms with Crippen molar-refractivity contribution in [3.63, 3.8) is 0 Å².